The summed E-state index contributed by atoms with van der Waals surface area (Å²) in [5, 5.41) is 44.6. The van der Waals surface area contributed by atoms with Gasteiger partial charge in [0.15, 0.2) is 11.4 Å². The lowest BCUT2D eigenvalue weighted by Gasteiger charge is -2.53. The predicted octanol–water partition coefficient (Wildman–Crippen LogP) is -0.188. The fourth-order valence-corrected chi connectivity index (χ4v) is 5.95. The Labute approximate surface area is 201 Å². The van der Waals surface area contributed by atoms with Crippen molar-refractivity contribution in [1.29, 1.82) is 0 Å². The Morgan fingerprint density at radius 3 is 2.29 bits per heavy atom. The van der Waals surface area contributed by atoms with Crippen LogP contribution in [0.25, 0.3) is 0 Å². The van der Waals surface area contributed by atoms with Crippen LogP contribution in [0.15, 0.2) is 34.8 Å². The zero-order chi connectivity index (χ0) is 26.1. The number of aliphatic hydroxyl groups excluding tert-OH is 2. The van der Waals surface area contributed by atoms with Gasteiger partial charge in [-0.1, -0.05) is 0 Å². The molecule has 11 heteroatoms. The van der Waals surface area contributed by atoms with Crippen LogP contribution in [-0.2, 0) is 20.7 Å². The van der Waals surface area contributed by atoms with Gasteiger partial charge in [-0.3, -0.25) is 19.3 Å². The molecule has 5 atom stereocenters. The number of primary amides is 1. The van der Waals surface area contributed by atoms with Crippen LogP contribution < -0.4 is 10.6 Å². The van der Waals surface area contributed by atoms with Gasteiger partial charge in [0.05, 0.1) is 23.6 Å². The number of fused-ring (bicyclic) bond motifs is 3. The molecule has 0 saturated carbocycles. The summed E-state index contributed by atoms with van der Waals surface area (Å²) in [6.45, 7) is 0. The molecule has 0 saturated heterocycles. The molecule has 6 N–H and O–H groups in total. The normalized spacial score (nSPS) is 30.3. The maximum Gasteiger partial charge on any atom is 0.255 e. The maximum absolute atomic E-state index is 13.7. The van der Waals surface area contributed by atoms with Gasteiger partial charge in [-0.25, -0.2) is 0 Å². The van der Waals surface area contributed by atoms with Crippen molar-refractivity contribution in [1.82, 2.24) is 4.90 Å². The van der Waals surface area contributed by atoms with E-state index in [0.717, 1.165) is 0 Å². The van der Waals surface area contributed by atoms with E-state index < -0.39 is 64.1 Å². The summed E-state index contributed by atoms with van der Waals surface area (Å²) in [5.41, 5.74) is 2.57. The lowest BCUT2D eigenvalue weighted by Crippen LogP contribution is -2.68. The zero-order valence-corrected chi connectivity index (χ0v) is 20.1. The summed E-state index contributed by atoms with van der Waals surface area (Å²) in [7, 11) is 8.01. The Bertz CT molecular complexity index is 1220. The number of Topliss-reactive ketones (excluding diaryl/α,β-unsaturated/α-hetero) is 2. The number of aromatic hydroxyl groups is 1. The molecule has 1 aromatic rings. The number of phenols is 1. The molecule has 4 rings (SSSR count). The van der Waals surface area contributed by atoms with Crippen LogP contribution in [0.3, 0.4) is 0 Å². The summed E-state index contributed by atoms with van der Waals surface area (Å²) >= 11 is 0. The van der Waals surface area contributed by atoms with Gasteiger partial charge < -0.3 is 35.8 Å². The van der Waals surface area contributed by atoms with Gasteiger partial charge in [-0.15, -0.1) is 0 Å². The number of anilines is 1. The first-order valence-electron chi connectivity index (χ1n) is 11.0. The molecule has 188 valence electrons. The van der Waals surface area contributed by atoms with E-state index in [-0.39, 0.29) is 23.3 Å². The number of carbonyl (C=O) groups excluding carboxylic acids is 3. The van der Waals surface area contributed by atoms with Crippen molar-refractivity contribution >= 4 is 23.2 Å². The molecule has 0 aliphatic heterocycles. The van der Waals surface area contributed by atoms with Crippen LogP contribution in [0.2, 0.25) is 0 Å². The lowest BCUT2D eigenvalue weighted by atomic mass is 9.57. The van der Waals surface area contributed by atoms with E-state index in [9.17, 15) is 34.8 Å². The Hall–Kier alpha value is -3.41. The topological polar surface area (TPSA) is 174 Å². The minimum Gasteiger partial charge on any atom is -0.510 e. The first-order chi connectivity index (χ1) is 16.3. The van der Waals surface area contributed by atoms with Gasteiger partial charge in [0.25, 0.3) is 5.91 Å². The van der Waals surface area contributed by atoms with E-state index >= 15 is 0 Å². The zero-order valence-electron chi connectivity index (χ0n) is 20.1. The van der Waals surface area contributed by atoms with Crippen molar-refractivity contribution in [3.8, 4) is 5.75 Å². The van der Waals surface area contributed by atoms with Crippen LogP contribution in [-0.4, -0.2) is 95.8 Å². The van der Waals surface area contributed by atoms with Crippen LogP contribution in [0, 0.1) is 11.8 Å². The minimum atomic E-state index is -2.78. The van der Waals surface area contributed by atoms with Crippen molar-refractivity contribution < 1.29 is 39.5 Å². The van der Waals surface area contributed by atoms with Crippen LogP contribution in [0.1, 0.15) is 15.9 Å². The predicted molar refractivity (Wildman–Crippen MR) is 124 cm³/mol. The van der Waals surface area contributed by atoms with Gasteiger partial charge >= 0.3 is 0 Å². The van der Waals surface area contributed by atoms with E-state index in [4.69, 9.17) is 10.5 Å². The molecule has 1 aromatic carbocycles. The van der Waals surface area contributed by atoms with Gasteiger partial charge in [-0.05, 0) is 38.2 Å². The maximum atomic E-state index is 13.7. The fourth-order valence-electron chi connectivity index (χ4n) is 5.95. The number of nitrogens with two attached hydrogens (primary N) is 1. The molecule has 0 spiro atoms. The molecule has 35 heavy (non-hydrogen) atoms. The molecule has 3 aliphatic rings. The van der Waals surface area contributed by atoms with Crippen molar-refractivity contribution in [2.24, 2.45) is 17.6 Å². The molecular formula is C24H29N3O8. The first kappa shape index (κ1) is 24.7. The van der Waals surface area contributed by atoms with Crippen LogP contribution >= 0.6 is 0 Å². The summed E-state index contributed by atoms with van der Waals surface area (Å²) in [5.74, 6) is -7.38. The number of amides is 1. The molecule has 0 fully saturated rings. The summed E-state index contributed by atoms with van der Waals surface area (Å²) < 4.78 is 5.75. The monoisotopic (exact) mass is 487 g/mol. The molecule has 3 aliphatic carbocycles. The fraction of sp³-hybridized carbons (Fsp3) is 0.458. The number of ketones is 2. The quantitative estimate of drug-likeness (QED) is 0.358. The van der Waals surface area contributed by atoms with Crippen molar-refractivity contribution in [2.45, 2.75) is 24.2 Å². The third kappa shape index (κ3) is 3.12. The Kier molecular flexibility index (Phi) is 5.70. The molecule has 0 unspecified atom stereocenters. The van der Waals surface area contributed by atoms with Crippen LogP contribution in [0.4, 0.5) is 5.69 Å². The number of hydrogen-bond donors (Lipinski definition) is 5. The Morgan fingerprint density at radius 1 is 1.14 bits per heavy atom. The number of hydrogen-bond acceptors (Lipinski definition) is 10. The molecular weight excluding hydrogens is 458 g/mol. The first-order valence-corrected chi connectivity index (χ1v) is 11.0. The highest BCUT2D eigenvalue weighted by Gasteiger charge is 2.67. The second kappa shape index (κ2) is 8.08. The summed E-state index contributed by atoms with van der Waals surface area (Å²) in [6.07, 6.45) is -0.914. The van der Waals surface area contributed by atoms with Crippen molar-refractivity contribution in [3.05, 3.63) is 45.9 Å². The highest BCUT2D eigenvalue weighted by molar-refractivity contribution is 6.25. The molecule has 0 heterocycles. The third-order valence-corrected chi connectivity index (χ3v) is 7.39. The smallest absolute Gasteiger partial charge is 0.255 e. The number of methoxy groups -OCH3 is 1. The number of phenolic OH excluding ortho intramolecular Hbond substituents is 1. The highest BCUT2D eigenvalue weighted by atomic mass is 16.5. The third-order valence-electron chi connectivity index (χ3n) is 7.39. The molecule has 0 aromatic heterocycles. The summed E-state index contributed by atoms with van der Waals surface area (Å²) in [6, 6.07) is 1.87. The van der Waals surface area contributed by atoms with Crippen molar-refractivity contribution in [3.63, 3.8) is 0 Å². The van der Waals surface area contributed by atoms with E-state index in [1.165, 1.54) is 18.1 Å². The number of rotatable bonds is 4. The molecule has 11 nitrogen and oxygen atoms in total. The minimum absolute atomic E-state index is 0.0492. The number of nitrogens with zero attached hydrogens (tertiary/aromatic N) is 2. The highest BCUT2D eigenvalue weighted by Crippen LogP contribution is 2.53. The average Bonchev–Trinajstić information content (AvgIpc) is 2.75. The van der Waals surface area contributed by atoms with Crippen molar-refractivity contribution in [2.75, 3.05) is 40.2 Å². The number of benzene rings is 1. The second-order valence-corrected chi connectivity index (χ2v) is 9.61. The van der Waals surface area contributed by atoms with Crippen LogP contribution in [0.5, 0.6) is 5.75 Å². The molecule has 0 bridgehead atoms. The van der Waals surface area contributed by atoms with Gasteiger partial charge in [0.2, 0.25) is 5.78 Å². The molecule has 1 amide bonds. The number of ether oxygens (including phenoxy) is 1. The van der Waals surface area contributed by atoms with E-state index in [0.29, 0.717) is 11.3 Å². The van der Waals surface area contributed by atoms with E-state index in [1.54, 1.807) is 39.2 Å². The van der Waals surface area contributed by atoms with E-state index in [1.807, 2.05) is 0 Å². The van der Waals surface area contributed by atoms with Gasteiger partial charge in [-0.2, -0.15) is 0 Å². The number of carbonyl (C=O) groups is 3. The standard InChI is InChI=1S/C24H29N3O8/c1-26(2)11-6-7-12(28)13-9(11)8-10-14(18(13)29)21(31)24(34)16(20(10)35-5)17(27(3)4)19(30)15(22(24)32)23(25)33/h6-7,10,16-17,20,28,30-31,34H,8H2,1-5H3,(H2,25,33)/t10-,16-,17+,20+,24+/m1/s1. The summed E-state index contributed by atoms with van der Waals surface area (Å²) in [4.78, 5) is 42.5. The SMILES string of the molecule is CO[C@@H]1[C@H]2[C@H](N(C)C)C(O)=C(C(N)=O)C(=O)[C@@]2(O)C(O)=C2C(=O)c3c(O)ccc(N(C)C)c3C[C@H]21. The lowest BCUT2D eigenvalue weighted by molar-refractivity contribution is -0.164. The van der Waals surface area contributed by atoms with E-state index in [2.05, 4.69) is 0 Å². The number of likely N-dealkylation sites (N-methyl/N-ethyl adjacent to an activating group) is 1. The Morgan fingerprint density at radius 2 is 1.77 bits per heavy atom. The molecule has 0 radical (unpaired) electrons. The number of aliphatic hydroxyl groups is 3. The van der Waals surface area contributed by atoms with Gasteiger partial charge in [0, 0.05) is 38.4 Å². The average molecular weight is 488 g/mol. The Balaban J connectivity index is 2.06. The van der Waals surface area contributed by atoms with Gasteiger partial charge in [0.1, 0.15) is 22.8 Å². The second-order valence-electron chi connectivity index (χ2n) is 9.61. The largest absolute Gasteiger partial charge is 0.510 e.